The summed E-state index contributed by atoms with van der Waals surface area (Å²) in [7, 11) is 2.16. The normalized spacial score (nSPS) is 23.2. The number of rotatable bonds is 4. The number of piperidine rings is 1. The van der Waals surface area contributed by atoms with E-state index in [2.05, 4.69) is 60.2 Å². The van der Waals surface area contributed by atoms with Crippen LogP contribution in [0.1, 0.15) is 62.9 Å². The number of aromatic nitrogens is 2. The summed E-state index contributed by atoms with van der Waals surface area (Å²) >= 11 is 0. The van der Waals surface area contributed by atoms with Crippen molar-refractivity contribution >= 4 is 22.9 Å². The number of nitrogens with one attached hydrogen (secondary N) is 1. The molecule has 168 valence electrons. The van der Waals surface area contributed by atoms with Gasteiger partial charge in [0.25, 0.3) is 0 Å². The van der Waals surface area contributed by atoms with Crippen LogP contribution in [-0.2, 0) is 11.8 Å². The highest BCUT2D eigenvalue weighted by Crippen LogP contribution is 2.47. The molecule has 0 radical (unpaired) electrons. The van der Waals surface area contributed by atoms with E-state index in [0.717, 1.165) is 66.0 Å². The van der Waals surface area contributed by atoms with Gasteiger partial charge in [0.1, 0.15) is 11.5 Å². The number of hydrogen-bond acceptors (Lipinski definition) is 5. The average molecular weight is 434 g/mol. The van der Waals surface area contributed by atoms with Gasteiger partial charge in [-0.15, -0.1) is 0 Å². The third-order valence-electron chi connectivity index (χ3n) is 7.83. The Morgan fingerprint density at radius 2 is 1.97 bits per heavy atom. The van der Waals surface area contributed by atoms with Crippen molar-refractivity contribution < 1.29 is 4.39 Å². The first kappa shape index (κ1) is 21.3. The van der Waals surface area contributed by atoms with E-state index in [-0.39, 0.29) is 11.2 Å². The Kier molecular flexibility index (Phi) is 5.16. The molecule has 1 aliphatic carbocycles. The summed E-state index contributed by atoms with van der Waals surface area (Å²) in [5, 5.41) is 3.51. The summed E-state index contributed by atoms with van der Waals surface area (Å²) in [4.78, 5) is 16.4. The van der Waals surface area contributed by atoms with Crippen molar-refractivity contribution in [2.45, 2.75) is 58.4 Å². The molecule has 2 aromatic rings. The van der Waals surface area contributed by atoms with Gasteiger partial charge in [-0.3, -0.25) is 4.99 Å². The fraction of sp³-hybridized carbons (Fsp3) is 0.500. The quantitative estimate of drug-likeness (QED) is 0.726. The molecule has 3 aliphatic rings. The highest BCUT2D eigenvalue weighted by molar-refractivity contribution is 6.01. The molecule has 0 spiro atoms. The minimum atomic E-state index is -0.257. The molecule has 1 aromatic heterocycles. The largest absolute Gasteiger partial charge is 0.351 e. The number of nitrogens with zero attached hydrogens (tertiary/aromatic N) is 4. The molecule has 0 bridgehead atoms. The minimum absolute atomic E-state index is 0.253. The molecular weight excluding hydrogens is 401 g/mol. The maximum atomic E-state index is 15.1. The highest BCUT2D eigenvalue weighted by Gasteiger charge is 2.41. The Morgan fingerprint density at radius 1 is 1.22 bits per heavy atom. The lowest BCUT2D eigenvalue weighted by Crippen LogP contribution is -2.37. The molecule has 3 heterocycles. The molecule has 0 amide bonds. The second kappa shape index (κ2) is 7.77. The second-order valence-electron chi connectivity index (χ2n) is 10.0. The Labute approximate surface area is 189 Å². The zero-order chi connectivity index (χ0) is 22.6. The van der Waals surface area contributed by atoms with Crippen LogP contribution < -0.4 is 5.32 Å². The predicted octanol–water partition coefficient (Wildman–Crippen LogP) is 5.13. The van der Waals surface area contributed by atoms with Crippen LogP contribution in [0.3, 0.4) is 0 Å². The standard InChI is InChI=1S/C26H32FN5/c1-15(2)26(4)16(3)29-24-21(26)12-17(13-22(24)27)19-6-7-23-20(19)14-28-25(31-23)30-18-8-10-32(5)11-9-18/h6,12-15,18H,7-11H2,1-5H3,(H,28,30,31). The minimum Gasteiger partial charge on any atom is -0.351 e. The van der Waals surface area contributed by atoms with Crippen molar-refractivity contribution in [3.63, 3.8) is 0 Å². The van der Waals surface area contributed by atoms with E-state index in [9.17, 15) is 0 Å². The molecule has 6 heteroatoms. The number of aliphatic imine (C=N–C) groups is 1. The maximum absolute atomic E-state index is 15.1. The van der Waals surface area contributed by atoms with Gasteiger partial charge in [0, 0.05) is 35.3 Å². The van der Waals surface area contributed by atoms with E-state index in [1.807, 2.05) is 13.1 Å². The van der Waals surface area contributed by atoms with Crippen molar-refractivity contribution in [1.82, 2.24) is 14.9 Å². The molecule has 1 atom stereocenters. The van der Waals surface area contributed by atoms with E-state index >= 15 is 4.39 Å². The van der Waals surface area contributed by atoms with Crippen molar-refractivity contribution in [3.05, 3.63) is 52.6 Å². The SMILES string of the molecule is CC1=Nc2c(F)cc(C3=CCc4nc(NC5CCN(C)CC5)ncc43)cc2C1(C)C(C)C. The molecule has 5 nitrogen and oxygen atoms in total. The van der Waals surface area contributed by atoms with Crippen LogP contribution in [0.4, 0.5) is 16.0 Å². The third-order valence-corrected chi connectivity index (χ3v) is 7.83. The second-order valence-corrected chi connectivity index (χ2v) is 10.0. The first-order chi connectivity index (χ1) is 15.3. The van der Waals surface area contributed by atoms with Crippen LogP contribution in [0, 0.1) is 11.7 Å². The predicted molar refractivity (Wildman–Crippen MR) is 128 cm³/mol. The number of benzene rings is 1. The van der Waals surface area contributed by atoms with Crippen LogP contribution >= 0.6 is 0 Å². The van der Waals surface area contributed by atoms with Gasteiger partial charge in [0.2, 0.25) is 5.95 Å². The fourth-order valence-electron chi connectivity index (χ4n) is 5.26. The van der Waals surface area contributed by atoms with E-state index in [1.54, 1.807) is 6.07 Å². The molecular formula is C26H32FN5. The van der Waals surface area contributed by atoms with Gasteiger partial charge in [0.05, 0.1) is 5.69 Å². The molecule has 1 N–H and O–H groups in total. The van der Waals surface area contributed by atoms with Crippen LogP contribution in [0.15, 0.2) is 29.4 Å². The summed E-state index contributed by atoms with van der Waals surface area (Å²) in [6, 6.07) is 4.16. The first-order valence-corrected chi connectivity index (χ1v) is 11.7. The Bertz CT molecular complexity index is 1130. The summed E-state index contributed by atoms with van der Waals surface area (Å²) in [5.41, 5.74) is 6.11. The number of allylic oxidation sites excluding steroid dienone is 1. The van der Waals surface area contributed by atoms with E-state index in [1.165, 1.54) is 0 Å². The van der Waals surface area contributed by atoms with Gasteiger partial charge in [-0.2, -0.15) is 0 Å². The molecule has 2 aliphatic heterocycles. The van der Waals surface area contributed by atoms with E-state index in [4.69, 9.17) is 4.98 Å². The molecule has 1 aromatic carbocycles. The van der Waals surface area contributed by atoms with E-state index < -0.39 is 0 Å². The summed E-state index contributed by atoms with van der Waals surface area (Å²) in [6.07, 6.45) is 6.99. The Balaban J connectivity index is 1.43. The third kappa shape index (κ3) is 3.36. The Morgan fingerprint density at radius 3 is 2.69 bits per heavy atom. The van der Waals surface area contributed by atoms with Gasteiger partial charge in [-0.05, 0) is 81.6 Å². The topological polar surface area (TPSA) is 53.4 Å². The monoisotopic (exact) mass is 433 g/mol. The highest BCUT2D eigenvalue weighted by atomic mass is 19.1. The summed E-state index contributed by atoms with van der Waals surface area (Å²) < 4.78 is 15.1. The van der Waals surface area contributed by atoms with Gasteiger partial charge >= 0.3 is 0 Å². The maximum Gasteiger partial charge on any atom is 0.223 e. The van der Waals surface area contributed by atoms with Crippen LogP contribution in [0.25, 0.3) is 5.57 Å². The van der Waals surface area contributed by atoms with Gasteiger partial charge in [-0.1, -0.05) is 19.9 Å². The summed E-state index contributed by atoms with van der Waals surface area (Å²) in [5.74, 6) is 0.769. The summed E-state index contributed by atoms with van der Waals surface area (Å²) in [6.45, 7) is 10.7. The lowest BCUT2D eigenvalue weighted by molar-refractivity contribution is 0.263. The lowest BCUT2D eigenvalue weighted by Gasteiger charge is -2.31. The van der Waals surface area contributed by atoms with Crippen molar-refractivity contribution in [1.29, 1.82) is 0 Å². The van der Waals surface area contributed by atoms with Gasteiger partial charge < -0.3 is 10.2 Å². The number of halogens is 1. The van der Waals surface area contributed by atoms with Crippen LogP contribution in [-0.4, -0.2) is 46.8 Å². The lowest BCUT2D eigenvalue weighted by atomic mass is 9.71. The molecule has 1 unspecified atom stereocenters. The molecule has 5 rings (SSSR count). The smallest absolute Gasteiger partial charge is 0.223 e. The van der Waals surface area contributed by atoms with Crippen molar-refractivity contribution in [2.24, 2.45) is 10.9 Å². The zero-order valence-corrected chi connectivity index (χ0v) is 19.7. The molecule has 0 saturated carbocycles. The number of anilines is 1. The number of fused-ring (bicyclic) bond motifs is 2. The molecule has 1 fully saturated rings. The van der Waals surface area contributed by atoms with Crippen molar-refractivity contribution in [3.8, 4) is 0 Å². The zero-order valence-electron chi connectivity index (χ0n) is 19.7. The first-order valence-electron chi connectivity index (χ1n) is 11.7. The van der Waals surface area contributed by atoms with Crippen LogP contribution in [0.5, 0.6) is 0 Å². The van der Waals surface area contributed by atoms with Gasteiger partial charge in [-0.25, -0.2) is 14.4 Å². The number of hydrogen-bond donors (Lipinski definition) is 1. The molecule has 32 heavy (non-hydrogen) atoms. The molecule has 1 saturated heterocycles. The van der Waals surface area contributed by atoms with Crippen molar-refractivity contribution in [2.75, 3.05) is 25.5 Å². The number of likely N-dealkylation sites (tertiary alicyclic amines) is 1. The van der Waals surface area contributed by atoms with Crippen LogP contribution in [0.2, 0.25) is 0 Å². The van der Waals surface area contributed by atoms with E-state index in [0.29, 0.717) is 23.6 Å². The fourth-order valence-corrected chi connectivity index (χ4v) is 5.26. The average Bonchev–Trinajstić information content (AvgIpc) is 3.30. The van der Waals surface area contributed by atoms with Gasteiger partial charge in [0.15, 0.2) is 0 Å². The Hall–Kier alpha value is -2.60.